The van der Waals surface area contributed by atoms with Crippen molar-refractivity contribution >= 4 is 17.6 Å². The molecule has 5 nitrogen and oxygen atoms in total. The second-order valence-electron chi connectivity index (χ2n) is 6.53. The van der Waals surface area contributed by atoms with E-state index in [1.54, 1.807) is 48.5 Å². The number of carbonyl (C=O) groups is 3. The van der Waals surface area contributed by atoms with Gasteiger partial charge in [0.15, 0.2) is 5.78 Å². The minimum atomic E-state index is -0.971. The summed E-state index contributed by atoms with van der Waals surface area (Å²) in [5.74, 6) is -1.96. The van der Waals surface area contributed by atoms with Crippen molar-refractivity contribution in [1.82, 2.24) is 5.32 Å². The second-order valence-corrected chi connectivity index (χ2v) is 6.53. The summed E-state index contributed by atoms with van der Waals surface area (Å²) in [4.78, 5) is 36.5. The summed E-state index contributed by atoms with van der Waals surface area (Å²) >= 11 is 0. The van der Waals surface area contributed by atoms with Crippen LogP contribution in [0.5, 0.6) is 0 Å². The second kappa shape index (κ2) is 8.93. The average molecular weight is 390 g/mol. The maximum Gasteiger partial charge on any atom is 0.252 e. The molecule has 0 radical (unpaired) electrons. The van der Waals surface area contributed by atoms with Gasteiger partial charge in [0.05, 0.1) is 0 Å². The first kappa shape index (κ1) is 19.9. The molecule has 6 heteroatoms. The molecule has 0 aliphatic carbocycles. The van der Waals surface area contributed by atoms with E-state index in [2.05, 4.69) is 5.32 Å². The van der Waals surface area contributed by atoms with E-state index in [0.717, 1.165) is 11.6 Å². The van der Waals surface area contributed by atoms with Gasteiger partial charge in [-0.05, 0) is 23.8 Å². The zero-order valence-electron chi connectivity index (χ0n) is 15.5. The molecule has 0 spiro atoms. The molecule has 1 atom stereocenters. The number of benzene rings is 3. The molecule has 0 aliphatic heterocycles. The molecule has 0 heterocycles. The molecule has 0 fully saturated rings. The summed E-state index contributed by atoms with van der Waals surface area (Å²) in [6.45, 7) is 0. The molecule has 3 aromatic rings. The molecular formula is C23H19FN2O3. The monoisotopic (exact) mass is 390 g/mol. The predicted octanol–water partition coefficient (Wildman–Crippen LogP) is 2.88. The van der Waals surface area contributed by atoms with E-state index in [9.17, 15) is 18.8 Å². The van der Waals surface area contributed by atoms with Gasteiger partial charge in [-0.1, -0.05) is 60.7 Å². The van der Waals surface area contributed by atoms with Crippen LogP contribution in [0.3, 0.4) is 0 Å². The number of rotatable bonds is 7. The molecule has 29 heavy (non-hydrogen) atoms. The first-order valence-electron chi connectivity index (χ1n) is 8.98. The van der Waals surface area contributed by atoms with Crippen molar-refractivity contribution in [1.29, 1.82) is 0 Å². The lowest BCUT2D eigenvalue weighted by Gasteiger charge is -2.16. The number of carbonyl (C=O) groups excluding carboxylic acids is 3. The molecule has 0 bridgehead atoms. The maximum absolute atomic E-state index is 13.3. The average Bonchev–Trinajstić information content (AvgIpc) is 2.73. The number of nitrogens with one attached hydrogen (secondary N) is 1. The zero-order chi connectivity index (χ0) is 20.8. The number of hydrogen-bond donors (Lipinski definition) is 2. The highest BCUT2D eigenvalue weighted by Gasteiger charge is 2.20. The normalized spacial score (nSPS) is 11.5. The Morgan fingerprint density at radius 1 is 0.828 bits per heavy atom. The van der Waals surface area contributed by atoms with E-state index < -0.39 is 23.7 Å². The molecule has 2 amide bonds. The first-order chi connectivity index (χ1) is 13.9. The number of amides is 2. The Morgan fingerprint density at radius 2 is 1.45 bits per heavy atom. The quantitative estimate of drug-likeness (QED) is 0.608. The number of nitrogens with two attached hydrogens (primary N) is 1. The number of halogens is 1. The molecular weight excluding hydrogens is 371 g/mol. The van der Waals surface area contributed by atoms with Gasteiger partial charge in [0.2, 0.25) is 5.91 Å². The van der Waals surface area contributed by atoms with Crippen molar-refractivity contribution in [2.24, 2.45) is 5.73 Å². The van der Waals surface area contributed by atoms with Crippen molar-refractivity contribution in [3.05, 3.63) is 107 Å². The molecule has 146 valence electrons. The Kier molecular flexibility index (Phi) is 6.14. The lowest BCUT2D eigenvalue weighted by Crippen LogP contribution is -2.45. The van der Waals surface area contributed by atoms with Gasteiger partial charge in [0, 0.05) is 23.1 Å². The summed E-state index contributed by atoms with van der Waals surface area (Å²) in [5.41, 5.74) is 7.33. The fourth-order valence-electron chi connectivity index (χ4n) is 2.88. The standard InChI is InChI=1S/C23H19FN2O3/c24-19-8-4-7-18(14-19)23(29)26-20(22(25)28)13-15-9-11-17(12-10-15)21(27)16-5-2-1-3-6-16/h1-12,14,20H,13H2,(H2,25,28)(H,26,29)/t20-/m0/s1. The third-order valence-electron chi connectivity index (χ3n) is 4.43. The van der Waals surface area contributed by atoms with Crippen LogP contribution in [-0.4, -0.2) is 23.6 Å². The van der Waals surface area contributed by atoms with Crippen molar-refractivity contribution in [2.75, 3.05) is 0 Å². The Labute approximate surface area is 167 Å². The third-order valence-corrected chi connectivity index (χ3v) is 4.43. The summed E-state index contributed by atoms with van der Waals surface area (Å²) in [6.07, 6.45) is 0.149. The Hall–Kier alpha value is -3.80. The van der Waals surface area contributed by atoms with Gasteiger partial charge < -0.3 is 11.1 Å². The Morgan fingerprint density at radius 3 is 2.07 bits per heavy atom. The van der Waals surface area contributed by atoms with Crippen molar-refractivity contribution in [3.8, 4) is 0 Å². The minimum Gasteiger partial charge on any atom is -0.368 e. The van der Waals surface area contributed by atoms with Crippen LogP contribution in [0.1, 0.15) is 31.8 Å². The fraction of sp³-hybridized carbons (Fsp3) is 0.0870. The van der Waals surface area contributed by atoms with E-state index in [4.69, 9.17) is 5.73 Å². The molecule has 0 saturated carbocycles. The summed E-state index contributed by atoms with van der Waals surface area (Å²) in [5, 5.41) is 2.52. The van der Waals surface area contributed by atoms with Gasteiger partial charge in [-0.25, -0.2) is 4.39 Å². The van der Waals surface area contributed by atoms with Crippen molar-refractivity contribution in [3.63, 3.8) is 0 Å². The number of ketones is 1. The fourth-order valence-corrected chi connectivity index (χ4v) is 2.88. The maximum atomic E-state index is 13.3. The van der Waals surface area contributed by atoms with Crippen LogP contribution in [0.4, 0.5) is 4.39 Å². The first-order valence-corrected chi connectivity index (χ1v) is 8.98. The highest BCUT2D eigenvalue weighted by molar-refractivity contribution is 6.09. The minimum absolute atomic E-state index is 0.0973. The van der Waals surface area contributed by atoms with Gasteiger partial charge >= 0.3 is 0 Å². The van der Waals surface area contributed by atoms with Gasteiger partial charge in [-0.3, -0.25) is 14.4 Å². The molecule has 0 unspecified atom stereocenters. The van der Waals surface area contributed by atoms with E-state index in [0.29, 0.717) is 11.1 Å². The third kappa shape index (κ3) is 5.13. The van der Waals surface area contributed by atoms with Crippen LogP contribution in [-0.2, 0) is 11.2 Å². The highest BCUT2D eigenvalue weighted by Crippen LogP contribution is 2.13. The molecule has 3 rings (SSSR count). The largest absolute Gasteiger partial charge is 0.368 e. The summed E-state index contributed by atoms with van der Waals surface area (Å²) in [7, 11) is 0. The van der Waals surface area contributed by atoms with Crippen LogP contribution >= 0.6 is 0 Å². The smallest absolute Gasteiger partial charge is 0.252 e. The Balaban J connectivity index is 1.70. The highest BCUT2D eigenvalue weighted by atomic mass is 19.1. The Bertz CT molecular complexity index is 1030. The number of primary amides is 1. The van der Waals surface area contributed by atoms with Gasteiger partial charge in [0.25, 0.3) is 5.91 Å². The van der Waals surface area contributed by atoms with Gasteiger partial charge in [-0.15, -0.1) is 0 Å². The number of hydrogen-bond acceptors (Lipinski definition) is 3. The molecule has 0 aliphatic rings. The molecule has 3 aromatic carbocycles. The summed E-state index contributed by atoms with van der Waals surface area (Å²) in [6, 6.07) is 19.8. The van der Waals surface area contributed by atoms with E-state index in [1.165, 1.54) is 18.2 Å². The SMILES string of the molecule is NC(=O)[C@H](Cc1ccc(C(=O)c2ccccc2)cc1)NC(=O)c1cccc(F)c1. The van der Waals surface area contributed by atoms with Crippen molar-refractivity contribution in [2.45, 2.75) is 12.5 Å². The summed E-state index contributed by atoms with van der Waals surface area (Å²) < 4.78 is 13.3. The molecule has 3 N–H and O–H groups in total. The van der Waals surface area contributed by atoms with Crippen LogP contribution in [0.25, 0.3) is 0 Å². The van der Waals surface area contributed by atoms with Crippen LogP contribution in [0, 0.1) is 5.82 Å². The van der Waals surface area contributed by atoms with Gasteiger partial charge in [-0.2, -0.15) is 0 Å². The van der Waals surface area contributed by atoms with E-state index in [-0.39, 0.29) is 17.8 Å². The molecule has 0 aromatic heterocycles. The topological polar surface area (TPSA) is 89.3 Å². The molecule has 0 saturated heterocycles. The zero-order valence-corrected chi connectivity index (χ0v) is 15.5. The van der Waals surface area contributed by atoms with E-state index in [1.807, 2.05) is 6.07 Å². The lowest BCUT2D eigenvalue weighted by molar-refractivity contribution is -0.119. The lowest BCUT2D eigenvalue weighted by atomic mass is 9.99. The van der Waals surface area contributed by atoms with Crippen molar-refractivity contribution < 1.29 is 18.8 Å². The predicted molar refractivity (Wildman–Crippen MR) is 107 cm³/mol. The van der Waals surface area contributed by atoms with Crippen LogP contribution in [0.15, 0.2) is 78.9 Å². The van der Waals surface area contributed by atoms with Gasteiger partial charge in [0.1, 0.15) is 11.9 Å². The van der Waals surface area contributed by atoms with Crippen LogP contribution < -0.4 is 11.1 Å². The van der Waals surface area contributed by atoms with E-state index >= 15 is 0 Å². The van der Waals surface area contributed by atoms with Crippen LogP contribution in [0.2, 0.25) is 0 Å².